The number of hydrogen-bond acceptors (Lipinski definition) is 7. The number of anilines is 3. The number of piperazine rings is 1. The van der Waals surface area contributed by atoms with Crippen LogP contribution in [0.15, 0.2) is 67.3 Å². The molecule has 11 heteroatoms. The van der Waals surface area contributed by atoms with Gasteiger partial charge in [0.2, 0.25) is 0 Å². The number of hydrogen-bond donors (Lipinski definition) is 2. The minimum Gasteiger partial charge on any atom is -0.350 e. The van der Waals surface area contributed by atoms with E-state index in [4.69, 9.17) is 0 Å². The highest BCUT2D eigenvalue weighted by Gasteiger charge is 2.26. The quantitative estimate of drug-likeness (QED) is 0.227. The van der Waals surface area contributed by atoms with E-state index in [9.17, 15) is 10.1 Å². The lowest BCUT2D eigenvalue weighted by Gasteiger charge is -2.33. The van der Waals surface area contributed by atoms with Crippen molar-refractivity contribution in [1.29, 1.82) is 5.26 Å². The van der Waals surface area contributed by atoms with Crippen LogP contribution >= 0.6 is 0 Å². The van der Waals surface area contributed by atoms with E-state index in [2.05, 4.69) is 55.5 Å². The van der Waals surface area contributed by atoms with Gasteiger partial charge in [-0.1, -0.05) is 12.0 Å². The molecule has 4 heterocycles. The molecule has 0 radical (unpaired) electrons. The summed E-state index contributed by atoms with van der Waals surface area (Å²) < 4.78 is 18.8. The molecule has 48 heavy (non-hydrogen) atoms. The van der Waals surface area contributed by atoms with Crippen molar-refractivity contribution in [2.45, 2.75) is 32.7 Å². The molecular weight excluding hydrogens is 605 g/mol. The van der Waals surface area contributed by atoms with Gasteiger partial charge in [-0.05, 0) is 86.8 Å². The van der Waals surface area contributed by atoms with Crippen LogP contribution in [0.1, 0.15) is 52.2 Å². The van der Waals surface area contributed by atoms with E-state index >= 15 is 4.39 Å². The summed E-state index contributed by atoms with van der Waals surface area (Å²) in [6.07, 6.45) is 7.15. The fourth-order valence-corrected chi connectivity index (χ4v) is 5.83. The first-order valence-corrected chi connectivity index (χ1v) is 15.8. The maximum Gasteiger partial charge on any atom is 0.258 e. The minimum absolute atomic E-state index is 0.117. The van der Waals surface area contributed by atoms with Gasteiger partial charge in [0.15, 0.2) is 5.65 Å². The molecule has 5 aromatic rings. The number of aromatic nitrogens is 4. The largest absolute Gasteiger partial charge is 0.350 e. The lowest BCUT2D eigenvalue weighted by atomic mass is 9.82. The Hall–Kier alpha value is -5.49. The third kappa shape index (κ3) is 6.93. The lowest BCUT2D eigenvalue weighted by molar-refractivity contribution is 0.102. The number of benzene rings is 2. The average molecular weight is 644 g/mol. The van der Waals surface area contributed by atoms with Crippen molar-refractivity contribution in [3.8, 4) is 17.9 Å². The molecule has 2 aromatic carbocycles. The molecule has 1 fully saturated rings. The molecule has 0 saturated carbocycles. The summed E-state index contributed by atoms with van der Waals surface area (Å²) >= 11 is 0. The molecule has 2 N–H and O–H groups in total. The third-order valence-corrected chi connectivity index (χ3v) is 8.71. The van der Waals surface area contributed by atoms with Crippen LogP contribution in [0.3, 0.4) is 0 Å². The first kappa shape index (κ1) is 32.5. The summed E-state index contributed by atoms with van der Waals surface area (Å²) in [5.74, 6) is 5.03. The second-order valence-corrected chi connectivity index (χ2v) is 12.8. The first-order valence-electron chi connectivity index (χ1n) is 15.8. The van der Waals surface area contributed by atoms with E-state index in [1.54, 1.807) is 24.0 Å². The van der Waals surface area contributed by atoms with Crippen LogP contribution in [0.4, 0.5) is 21.5 Å². The zero-order valence-electron chi connectivity index (χ0n) is 27.8. The Morgan fingerprint density at radius 2 is 1.83 bits per heavy atom. The van der Waals surface area contributed by atoms with Crippen LogP contribution in [0, 0.1) is 35.9 Å². The first-order chi connectivity index (χ1) is 23.0. The van der Waals surface area contributed by atoms with Gasteiger partial charge in [-0.3, -0.25) is 18.8 Å². The van der Waals surface area contributed by atoms with Gasteiger partial charge in [0.1, 0.15) is 11.5 Å². The van der Waals surface area contributed by atoms with Crippen LogP contribution in [0.2, 0.25) is 0 Å². The third-order valence-electron chi connectivity index (χ3n) is 8.71. The van der Waals surface area contributed by atoms with Crippen molar-refractivity contribution >= 4 is 28.6 Å². The number of carbonyl (C=O) groups is 1. The number of nitriles is 1. The van der Waals surface area contributed by atoms with Crippen LogP contribution in [-0.2, 0) is 19.0 Å². The summed E-state index contributed by atoms with van der Waals surface area (Å²) in [4.78, 5) is 22.7. The highest BCUT2D eigenvalue weighted by atomic mass is 19.1. The van der Waals surface area contributed by atoms with E-state index in [0.717, 1.165) is 48.7 Å². The van der Waals surface area contributed by atoms with Crippen LogP contribution in [-0.4, -0.2) is 68.1 Å². The van der Waals surface area contributed by atoms with E-state index in [1.165, 1.54) is 12.1 Å². The van der Waals surface area contributed by atoms with Gasteiger partial charge in [-0.15, -0.1) is 0 Å². The van der Waals surface area contributed by atoms with E-state index < -0.39 is 17.1 Å². The number of nitrogens with one attached hydrogen (secondary N) is 2. The SMILES string of the molecule is Cc1cc(F)c(C(=O)Nc2ccc(CN3CCN(C)CC3)c(C(C)(C)C#N)c2)cc1C#Cc1cnc2c(Nc3cnn(C)c3)cccn12. The summed E-state index contributed by atoms with van der Waals surface area (Å²) in [6, 6.07) is 14.6. The van der Waals surface area contributed by atoms with Gasteiger partial charge in [0, 0.05) is 63.4 Å². The number of amides is 1. The molecule has 0 unspecified atom stereocenters. The molecule has 0 atom stereocenters. The standard InChI is InChI=1S/C37H38FN9O/c1-25-17-33(38)31(18-26(25)9-11-30-21-40-35-34(7-6-12-47(30)35)42-29-20-41-45(5)23-29)36(48)43-28-10-8-27(32(19-28)37(2,3)24-39)22-46-15-13-44(4)14-16-46/h6-8,10,12,17-21,23,42H,13-16,22H2,1-5H3,(H,43,48). The molecular formula is C37H38FN9O. The van der Waals surface area contributed by atoms with Gasteiger partial charge in [0.25, 0.3) is 5.91 Å². The molecule has 1 aliphatic rings. The van der Waals surface area contributed by atoms with Crippen LogP contribution in [0.25, 0.3) is 5.65 Å². The molecule has 0 bridgehead atoms. The maximum absolute atomic E-state index is 15.2. The predicted molar refractivity (Wildman–Crippen MR) is 185 cm³/mol. The number of rotatable bonds is 7. The van der Waals surface area contributed by atoms with E-state index in [1.807, 2.05) is 68.0 Å². The lowest BCUT2D eigenvalue weighted by Crippen LogP contribution is -2.44. The van der Waals surface area contributed by atoms with Crippen LogP contribution in [0.5, 0.6) is 0 Å². The number of fused-ring (bicyclic) bond motifs is 1. The number of imidazole rings is 1. The van der Waals surface area contributed by atoms with Gasteiger partial charge >= 0.3 is 0 Å². The Morgan fingerprint density at radius 1 is 1.04 bits per heavy atom. The molecule has 10 nitrogen and oxygen atoms in total. The van der Waals surface area contributed by atoms with Gasteiger partial charge < -0.3 is 15.5 Å². The summed E-state index contributed by atoms with van der Waals surface area (Å²) in [7, 11) is 3.97. The fourth-order valence-electron chi connectivity index (χ4n) is 5.83. The molecule has 3 aromatic heterocycles. The summed E-state index contributed by atoms with van der Waals surface area (Å²) in [5, 5.41) is 20.4. The number of carbonyl (C=O) groups excluding carboxylic acids is 1. The van der Waals surface area contributed by atoms with Crippen molar-refractivity contribution in [2.75, 3.05) is 43.9 Å². The Bertz CT molecular complexity index is 2100. The molecule has 6 rings (SSSR count). The minimum atomic E-state index is -0.784. The smallest absolute Gasteiger partial charge is 0.258 e. The number of nitrogens with zero attached hydrogens (tertiary/aromatic N) is 7. The average Bonchev–Trinajstić information content (AvgIpc) is 3.68. The maximum atomic E-state index is 15.2. The van der Waals surface area contributed by atoms with Crippen molar-refractivity contribution in [3.05, 3.63) is 107 Å². The van der Waals surface area contributed by atoms with E-state index in [-0.39, 0.29) is 5.56 Å². The highest BCUT2D eigenvalue weighted by molar-refractivity contribution is 6.04. The molecule has 0 spiro atoms. The van der Waals surface area contributed by atoms with E-state index in [0.29, 0.717) is 34.7 Å². The zero-order chi connectivity index (χ0) is 34.0. The normalized spacial score (nSPS) is 13.9. The Balaban J connectivity index is 1.24. The Labute approximate surface area is 279 Å². The van der Waals surface area contributed by atoms with Gasteiger partial charge in [0.05, 0.1) is 40.8 Å². The molecule has 0 aliphatic carbocycles. The molecule has 1 aliphatic heterocycles. The van der Waals surface area contributed by atoms with Gasteiger partial charge in [-0.2, -0.15) is 10.4 Å². The number of pyridine rings is 1. The monoisotopic (exact) mass is 643 g/mol. The number of aryl methyl sites for hydroxylation is 2. The molecule has 244 valence electrons. The second-order valence-electron chi connectivity index (χ2n) is 12.8. The molecule has 1 saturated heterocycles. The van der Waals surface area contributed by atoms with Crippen molar-refractivity contribution in [3.63, 3.8) is 0 Å². The summed E-state index contributed by atoms with van der Waals surface area (Å²) in [6.45, 7) is 10.1. The fraction of sp³-hybridized carbons (Fsp3) is 0.297. The number of likely N-dealkylation sites (N-methyl/N-ethyl adjacent to an activating group) is 1. The zero-order valence-corrected chi connectivity index (χ0v) is 27.8. The highest BCUT2D eigenvalue weighted by Crippen LogP contribution is 2.30. The van der Waals surface area contributed by atoms with Crippen molar-refractivity contribution in [2.24, 2.45) is 7.05 Å². The van der Waals surface area contributed by atoms with Crippen LogP contribution < -0.4 is 10.6 Å². The second kappa shape index (κ2) is 13.3. The van der Waals surface area contributed by atoms with Gasteiger partial charge in [-0.25, -0.2) is 9.37 Å². The summed E-state index contributed by atoms with van der Waals surface area (Å²) in [5.41, 5.74) is 5.56. The molecule has 1 amide bonds. The number of halogens is 1. The predicted octanol–water partition coefficient (Wildman–Crippen LogP) is 5.46. The van der Waals surface area contributed by atoms with Crippen molar-refractivity contribution in [1.82, 2.24) is 29.0 Å². The Morgan fingerprint density at radius 3 is 2.56 bits per heavy atom. The van der Waals surface area contributed by atoms with Crippen molar-refractivity contribution < 1.29 is 9.18 Å². The topological polar surface area (TPSA) is 107 Å². The Kier molecular flexibility index (Phi) is 9.01.